The molecule has 174 valence electrons. The number of carbonyl (C=O) groups excluding carboxylic acids is 2. The van der Waals surface area contributed by atoms with Gasteiger partial charge in [0.05, 0.1) is 18.7 Å². The van der Waals surface area contributed by atoms with Crippen LogP contribution in [-0.4, -0.2) is 52.8 Å². The molecule has 0 radical (unpaired) electrons. The van der Waals surface area contributed by atoms with E-state index >= 15 is 0 Å². The number of hydrogen-bond donors (Lipinski definition) is 5. The molecule has 0 aliphatic carbocycles. The Morgan fingerprint density at radius 1 is 1.03 bits per heavy atom. The number of aromatic hydroxyl groups is 1. The molecular weight excluding hydrogens is 406 g/mol. The molecule has 0 heterocycles. The quantitative estimate of drug-likeness (QED) is 0.364. The highest BCUT2D eigenvalue weighted by atomic mass is 16.3. The van der Waals surface area contributed by atoms with Crippen molar-refractivity contribution in [1.82, 2.24) is 16.0 Å². The Labute approximate surface area is 190 Å². The number of aliphatic hydroxyl groups is 1. The smallest absolute Gasteiger partial charge is 0.252 e. The van der Waals surface area contributed by atoms with E-state index < -0.39 is 12.1 Å². The summed E-state index contributed by atoms with van der Waals surface area (Å²) < 4.78 is 0. The third kappa shape index (κ3) is 8.32. The summed E-state index contributed by atoms with van der Waals surface area (Å²) in [6, 6.07) is 13.9. The standard InChI is InChI=1S/C25H35N3O4/c1-17-19(11-8-12-21(17)29)24(32)27-20(15-18-9-6-5-7-10-18)22(30)13-14-26-16-23(31)28-25(2,3)4/h5-12,20,22,26,29-30H,13-16H2,1-4H3,(H,27,32)(H,28,31)/t20-,22+/m0/s1. The molecule has 0 spiro atoms. The number of phenolic OH excluding ortho intramolecular Hbond substituents is 1. The predicted octanol–water partition coefficient (Wildman–Crippen LogP) is 2.30. The van der Waals surface area contributed by atoms with E-state index in [-0.39, 0.29) is 29.6 Å². The van der Waals surface area contributed by atoms with Gasteiger partial charge in [0.25, 0.3) is 5.91 Å². The average Bonchev–Trinajstić information content (AvgIpc) is 2.72. The van der Waals surface area contributed by atoms with Crippen molar-refractivity contribution in [3.8, 4) is 5.75 Å². The first-order valence-corrected chi connectivity index (χ1v) is 10.9. The molecule has 0 aliphatic rings. The molecule has 0 aromatic heterocycles. The van der Waals surface area contributed by atoms with Crippen LogP contribution in [0.2, 0.25) is 0 Å². The van der Waals surface area contributed by atoms with Crippen LogP contribution in [0.15, 0.2) is 48.5 Å². The molecule has 7 heteroatoms. The molecule has 0 aliphatic heterocycles. The Balaban J connectivity index is 2.00. The molecule has 2 aromatic carbocycles. The fourth-order valence-electron chi connectivity index (χ4n) is 3.38. The van der Waals surface area contributed by atoms with Crippen LogP contribution >= 0.6 is 0 Å². The first-order valence-electron chi connectivity index (χ1n) is 10.9. The molecule has 2 rings (SSSR count). The van der Waals surface area contributed by atoms with Gasteiger partial charge >= 0.3 is 0 Å². The zero-order chi connectivity index (χ0) is 23.7. The van der Waals surface area contributed by atoms with Crippen molar-refractivity contribution in [3.63, 3.8) is 0 Å². The minimum absolute atomic E-state index is 0.0514. The summed E-state index contributed by atoms with van der Waals surface area (Å²) in [5.74, 6) is -0.410. The van der Waals surface area contributed by atoms with Gasteiger partial charge in [-0.25, -0.2) is 0 Å². The largest absolute Gasteiger partial charge is 0.508 e. The first-order chi connectivity index (χ1) is 15.1. The number of amides is 2. The number of benzene rings is 2. The van der Waals surface area contributed by atoms with Crippen LogP contribution in [-0.2, 0) is 11.2 Å². The third-order valence-corrected chi connectivity index (χ3v) is 5.05. The number of nitrogens with one attached hydrogen (secondary N) is 3. The molecule has 2 amide bonds. The maximum Gasteiger partial charge on any atom is 0.252 e. The van der Waals surface area contributed by atoms with Crippen molar-refractivity contribution in [2.45, 2.75) is 58.2 Å². The molecular formula is C25H35N3O4. The van der Waals surface area contributed by atoms with Crippen molar-refractivity contribution in [2.75, 3.05) is 13.1 Å². The van der Waals surface area contributed by atoms with E-state index in [1.165, 1.54) is 6.07 Å². The summed E-state index contributed by atoms with van der Waals surface area (Å²) in [5.41, 5.74) is 1.55. The van der Waals surface area contributed by atoms with Crippen LogP contribution in [0.25, 0.3) is 0 Å². The molecule has 0 saturated heterocycles. The molecule has 32 heavy (non-hydrogen) atoms. The Bertz CT molecular complexity index is 894. The van der Waals surface area contributed by atoms with Crippen molar-refractivity contribution in [1.29, 1.82) is 0 Å². The second-order valence-electron chi connectivity index (χ2n) is 9.05. The Kier molecular flexibility index (Phi) is 9.23. The topological polar surface area (TPSA) is 111 Å². The molecule has 0 saturated carbocycles. The zero-order valence-electron chi connectivity index (χ0n) is 19.3. The van der Waals surface area contributed by atoms with Crippen LogP contribution in [0, 0.1) is 6.92 Å². The number of phenols is 1. The van der Waals surface area contributed by atoms with Gasteiger partial charge in [0.15, 0.2) is 0 Å². The van der Waals surface area contributed by atoms with Crippen LogP contribution in [0.1, 0.15) is 48.7 Å². The van der Waals surface area contributed by atoms with E-state index in [1.54, 1.807) is 19.1 Å². The van der Waals surface area contributed by atoms with Gasteiger partial charge in [0, 0.05) is 16.7 Å². The van der Waals surface area contributed by atoms with E-state index in [4.69, 9.17) is 0 Å². The Hall–Kier alpha value is -2.90. The van der Waals surface area contributed by atoms with Crippen LogP contribution in [0.4, 0.5) is 0 Å². The van der Waals surface area contributed by atoms with Crippen molar-refractivity contribution >= 4 is 11.8 Å². The lowest BCUT2D eigenvalue weighted by Gasteiger charge is -2.25. The number of carbonyl (C=O) groups is 2. The lowest BCUT2D eigenvalue weighted by atomic mass is 9.98. The molecule has 0 bridgehead atoms. The average molecular weight is 442 g/mol. The number of hydrogen-bond acceptors (Lipinski definition) is 5. The summed E-state index contributed by atoms with van der Waals surface area (Å²) in [4.78, 5) is 24.8. The van der Waals surface area contributed by atoms with Crippen LogP contribution in [0.5, 0.6) is 5.75 Å². The minimum atomic E-state index is -0.824. The third-order valence-electron chi connectivity index (χ3n) is 5.05. The highest BCUT2D eigenvalue weighted by Crippen LogP contribution is 2.20. The zero-order valence-corrected chi connectivity index (χ0v) is 19.3. The summed E-state index contributed by atoms with van der Waals surface area (Å²) in [6.45, 7) is 8.01. The normalized spacial score (nSPS) is 13.3. The summed E-state index contributed by atoms with van der Waals surface area (Å²) in [6.07, 6.45) is -0.00892. The van der Waals surface area contributed by atoms with Crippen molar-refractivity contribution < 1.29 is 19.8 Å². The molecule has 0 unspecified atom stereocenters. The van der Waals surface area contributed by atoms with E-state index in [0.29, 0.717) is 30.5 Å². The van der Waals surface area contributed by atoms with Gasteiger partial charge in [0.2, 0.25) is 5.91 Å². The number of aliphatic hydroxyl groups excluding tert-OH is 1. The maximum absolute atomic E-state index is 12.9. The van der Waals surface area contributed by atoms with E-state index in [2.05, 4.69) is 16.0 Å². The fraction of sp³-hybridized carbons (Fsp3) is 0.440. The molecule has 0 fully saturated rings. The fourth-order valence-corrected chi connectivity index (χ4v) is 3.38. The summed E-state index contributed by atoms with van der Waals surface area (Å²) >= 11 is 0. The highest BCUT2D eigenvalue weighted by Gasteiger charge is 2.23. The second-order valence-corrected chi connectivity index (χ2v) is 9.05. The SMILES string of the molecule is Cc1c(O)cccc1C(=O)N[C@@H](Cc1ccccc1)[C@H](O)CCNCC(=O)NC(C)(C)C. The monoisotopic (exact) mass is 441 g/mol. The highest BCUT2D eigenvalue weighted by molar-refractivity contribution is 5.96. The molecule has 2 aromatic rings. The van der Waals surface area contributed by atoms with Gasteiger partial charge in [-0.2, -0.15) is 0 Å². The van der Waals surface area contributed by atoms with Crippen LogP contribution in [0.3, 0.4) is 0 Å². The van der Waals surface area contributed by atoms with Gasteiger partial charge in [0.1, 0.15) is 5.75 Å². The van der Waals surface area contributed by atoms with Crippen molar-refractivity contribution in [2.24, 2.45) is 0 Å². The van der Waals surface area contributed by atoms with Gasteiger partial charge < -0.3 is 26.2 Å². The predicted molar refractivity (Wildman–Crippen MR) is 126 cm³/mol. The van der Waals surface area contributed by atoms with Gasteiger partial charge in [-0.05, 0) is 64.8 Å². The summed E-state index contributed by atoms with van der Waals surface area (Å²) in [5, 5.41) is 29.6. The van der Waals surface area contributed by atoms with Crippen LogP contribution < -0.4 is 16.0 Å². The van der Waals surface area contributed by atoms with E-state index in [0.717, 1.165) is 5.56 Å². The second kappa shape index (κ2) is 11.6. The molecule has 5 N–H and O–H groups in total. The minimum Gasteiger partial charge on any atom is -0.508 e. The lowest BCUT2D eigenvalue weighted by molar-refractivity contribution is -0.121. The lowest BCUT2D eigenvalue weighted by Crippen LogP contribution is -2.47. The number of rotatable bonds is 10. The van der Waals surface area contributed by atoms with Gasteiger partial charge in [-0.1, -0.05) is 36.4 Å². The van der Waals surface area contributed by atoms with Crippen molar-refractivity contribution in [3.05, 3.63) is 65.2 Å². The Morgan fingerprint density at radius 3 is 2.38 bits per heavy atom. The van der Waals surface area contributed by atoms with Gasteiger partial charge in [-0.15, -0.1) is 0 Å². The first kappa shape index (κ1) is 25.4. The van der Waals surface area contributed by atoms with E-state index in [9.17, 15) is 19.8 Å². The summed E-state index contributed by atoms with van der Waals surface area (Å²) in [7, 11) is 0. The maximum atomic E-state index is 12.9. The Morgan fingerprint density at radius 2 is 1.72 bits per heavy atom. The molecule has 2 atom stereocenters. The van der Waals surface area contributed by atoms with Gasteiger partial charge in [-0.3, -0.25) is 9.59 Å². The van der Waals surface area contributed by atoms with E-state index in [1.807, 2.05) is 51.1 Å². The molecule has 7 nitrogen and oxygen atoms in total.